The summed E-state index contributed by atoms with van der Waals surface area (Å²) in [4.78, 5) is 13.8. The summed E-state index contributed by atoms with van der Waals surface area (Å²) in [6.07, 6.45) is 3.72. The van der Waals surface area contributed by atoms with Crippen LogP contribution >= 0.6 is 0 Å². The number of benzene rings is 1. The maximum absolute atomic E-state index is 11.9. The molecule has 0 saturated carbocycles. The van der Waals surface area contributed by atoms with Gasteiger partial charge in [0.15, 0.2) is 0 Å². The smallest absolute Gasteiger partial charge is 0.222 e. The summed E-state index contributed by atoms with van der Waals surface area (Å²) < 4.78 is 5.17. The van der Waals surface area contributed by atoms with Gasteiger partial charge in [0.25, 0.3) is 0 Å². The van der Waals surface area contributed by atoms with Gasteiger partial charge in [-0.2, -0.15) is 0 Å². The first-order chi connectivity index (χ1) is 8.29. The second kappa shape index (κ2) is 5.71. The van der Waals surface area contributed by atoms with E-state index in [0.717, 1.165) is 43.7 Å². The van der Waals surface area contributed by atoms with E-state index in [2.05, 4.69) is 0 Å². The van der Waals surface area contributed by atoms with Gasteiger partial charge in [-0.3, -0.25) is 4.79 Å². The van der Waals surface area contributed by atoms with Crippen molar-refractivity contribution in [3.05, 3.63) is 29.8 Å². The van der Waals surface area contributed by atoms with Crippen molar-refractivity contribution in [1.82, 2.24) is 4.90 Å². The molecule has 1 aromatic carbocycles. The third kappa shape index (κ3) is 3.22. The Morgan fingerprint density at radius 2 is 2.12 bits per heavy atom. The second-order valence-electron chi connectivity index (χ2n) is 4.44. The third-order valence-electron chi connectivity index (χ3n) is 3.22. The number of hydrogen-bond acceptors (Lipinski definition) is 2. The molecule has 0 aromatic heterocycles. The number of carbonyl (C=O) groups excluding carboxylic acids is 1. The monoisotopic (exact) mass is 233 g/mol. The SMILES string of the molecule is COc1cccc(CCC(=O)N2CCCC2)c1. The minimum absolute atomic E-state index is 0.283. The molecule has 17 heavy (non-hydrogen) atoms. The van der Waals surface area contributed by atoms with Crippen LogP contribution in [0.1, 0.15) is 24.8 Å². The Morgan fingerprint density at radius 3 is 2.82 bits per heavy atom. The van der Waals surface area contributed by atoms with Gasteiger partial charge in [0.2, 0.25) is 5.91 Å². The van der Waals surface area contributed by atoms with E-state index >= 15 is 0 Å². The lowest BCUT2D eigenvalue weighted by molar-refractivity contribution is -0.130. The van der Waals surface area contributed by atoms with Crippen molar-refractivity contribution in [3.63, 3.8) is 0 Å². The predicted molar refractivity (Wildman–Crippen MR) is 67.1 cm³/mol. The largest absolute Gasteiger partial charge is 0.497 e. The van der Waals surface area contributed by atoms with Crippen LogP contribution in [0.5, 0.6) is 5.75 Å². The highest BCUT2D eigenvalue weighted by Gasteiger charge is 2.17. The number of aryl methyl sites for hydroxylation is 1. The quantitative estimate of drug-likeness (QED) is 0.798. The predicted octanol–water partition coefficient (Wildman–Crippen LogP) is 2.25. The molecule has 1 fully saturated rings. The molecule has 1 amide bonds. The molecule has 1 aliphatic heterocycles. The minimum Gasteiger partial charge on any atom is -0.497 e. The lowest BCUT2D eigenvalue weighted by Gasteiger charge is -2.15. The molecule has 92 valence electrons. The average Bonchev–Trinajstić information content (AvgIpc) is 2.90. The molecule has 0 radical (unpaired) electrons. The highest BCUT2D eigenvalue weighted by Crippen LogP contribution is 2.15. The molecular weight excluding hydrogens is 214 g/mol. The number of ether oxygens (including phenoxy) is 1. The number of methoxy groups -OCH3 is 1. The van der Waals surface area contributed by atoms with Crippen LogP contribution in [0.3, 0.4) is 0 Å². The summed E-state index contributed by atoms with van der Waals surface area (Å²) in [5.41, 5.74) is 1.16. The van der Waals surface area contributed by atoms with Crippen LogP contribution in [0.25, 0.3) is 0 Å². The molecule has 1 saturated heterocycles. The van der Waals surface area contributed by atoms with Gasteiger partial charge in [-0.25, -0.2) is 0 Å². The molecule has 1 aliphatic rings. The fourth-order valence-corrected chi connectivity index (χ4v) is 2.20. The Labute approximate surface area is 102 Å². The third-order valence-corrected chi connectivity index (χ3v) is 3.22. The Bertz CT molecular complexity index is 384. The van der Waals surface area contributed by atoms with E-state index in [-0.39, 0.29) is 5.91 Å². The fraction of sp³-hybridized carbons (Fsp3) is 0.500. The number of nitrogens with zero attached hydrogens (tertiary/aromatic N) is 1. The molecule has 1 heterocycles. The standard InChI is InChI=1S/C14H19NO2/c1-17-13-6-4-5-12(11-13)7-8-14(16)15-9-2-3-10-15/h4-6,11H,2-3,7-10H2,1H3. The van der Waals surface area contributed by atoms with Gasteiger partial charge in [0.05, 0.1) is 7.11 Å². The molecule has 0 N–H and O–H groups in total. The molecule has 3 heteroatoms. The van der Waals surface area contributed by atoms with Crippen molar-refractivity contribution in [1.29, 1.82) is 0 Å². The summed E-state index contributed by atoms with van der Waals surface area (Å²) in [5, 5.41) is 0. The van der Waals surface area contributed by atoms with E-state index in [9.17, 15) is 4.79 Å². The van der Waals surface area contributed by atoms with Gasteiger partial charge in [-0.05, 0) is 37.0 Å². The van der Waals surface area contributed by atoms with E-state index in [1.165, 1.54) is 0 Å². The Balaban J connectivity index is 1.86. The van der Waals surface area contributed by atoms with Gasteiger partial charge < -0.3 is 9.64 Å². The summed E-state index contributed by atoms with van der Waals surface area (Å²) in [6.45, 7) is 1.88. The van der Waals surface area contributed by atoms with Crippen molar-refractivity contribution >= 4 is 5.91 Å². The first-order valence-corrected chi connectivity index (χ1v) is 6.20. The zero-order chi connectivity index (χ0) is 12.1. The van der Waals surface area contributed by atoms with Crippen molar-refractivity contribution in [2.75, 3.05) is 20.2 Å². The topological polar surface area (TPSA) is 29.5 Å². The Hall–Kier alpha value is -1.51. The van der Waals surface area contributed by atoms with Gasteiger partial charge in [-0.15, -0.1) is 0 Å². The molecule has 0 atom stereocenters. The van der Waals surface area contributed by atoms with E-state index in [0.29, 0.717) is 6.42 Å². The zero-order valence-electron chi connectivity index (χ0n) is 10.3. The normalized spacial score (nSPS) is 15.0. The molecular formula is C14H19NO2. The van der Waals surface area contributed by atoms with Gasteiger partial charge >= 0.3 is 0 Å². The van der Waals surface area contributed by atoms with Crippen LogP contribution in [0.15, 0.2) is 24.3 Å². The van der Waals surface area contributed by atoms with Crippen molar-refractivity contribution in [2.45, 2.75) is 25.7 Å². The van der Waals surface area contributed by atoms with E-state index in [1.54, 1.807) is 7.11 Å². The summed E-state index contributed by atoms with van der Waals surface area (Å²) in [6, 6.07) is 7.93. The summed E-state index contributed by atoms with van der Waals surface area (Å²) >= 11 is 0. The molecule has 0 unspecified atom stereocenters. The number of rotatable bonds is 4. The highest BCUT2D eigenvalue weighted by atomic mass is 16.5. The molecule has 1 aromatic rings. The molecule has 0 spiro atoms. The zero-order valence-corrected chi connectivity index (χ0v) is 10.3. The van der Waals surface area contributed by atoms with Crippen LogP contribution in [-0.4, -0.2) is 31.0 Å². The lowest BCUT2D eigenvalue weighted by Crippen LogP contribution is -2.27. The lowest BCUT2D eigenvalue weighted by atomic mass is 10.1. The second-order valence-corrected chi connectivity index (χ2v) is 4.44. The van der Waals surface area contributed by atoms with E-state index in [1.807, 2.05) is 29.2 Å². The van der Waals surface area contributed by atoms with Crippen LogP contribution in [-0.2, 0) is 11.2 Å². The van der Waals surface area contributed by atoms with E-state index in [4.69, 9.17) is 4.74 Å². The van der Waals surface area contributed by atoms with Gasteiger partial charge in [0.1, 0.15) is 5.75 Å². The number of carbonyl (C=O) groups is 1. The van der Waals surface area contributed by atoms with Gasteiger partial charge in [-0.1, -0.05) is 12.1 Å². The fourth-order valence-electron chi connectivity index (χ4n) is 2.20. The van der Waals surface area contributed by atoms with Crippen LogP contribution in [0.4, 0.5) is 0 Å². The highest BCUT2D eigenvalue weighted by molar-refractivity contribution is 5.76. The van der Waals surface area contributed by atoms with Crippen molar-refractivity contribution in [2.24, 2.45) is 0 Å². The molecule has 0 aliphatic carbocycles. The van der Waals surface area contributed by atoms with Crippen LogP contribution in [0, 0.1) is 0 Å². The van der Waals surface area contributed by atoms with Crippen molar-refractivity contribution < 1.29 is 9.53 Å². The molecule has 2 rings (SSSR count). The number of hydrogen-bond donors (Lipinski definition) is 0. The number of likely N-dealkylation sites (tertiary alicyclic amines) is 1. The first kappa shape index (κ1) is 12.0. The van der Waals surface area contributed by atoms with Gasteiger partial charge in [0, 0.05) is 19.5 Å². The molecule has 3 nitrogen and oxygen atoms in total. The first-order valence-electron chi connectivity index (χ1n) is 6.20. The average molecular weight is 233 g/mol. The minimum atomic E-state index is 0.283. The summed E-state index contributed by atoms with van der Waals surface area (Å²) in [7, 11) is 1.66. The maximum atomic E-state index is 11.9. The van der Waals surface area contributed by atoms with Crippen LogP contribution in [0.2, 0.25) is 0 Å². The maximum Gasteiger partial charge on any atom is 0.222 e. The Morgan fingerprint density at radius 1 is 1.35 bits per heavy atom. The molecule has 0 bridgehead atoms. The van der Waals surface area contributed by atoms with E-state index < -0.39 is 0 Å². The van der Waals surface area contributed by atoms with Crippen molar-refractivity contribution in [3.8, 4) is 5.75 Å². The number of amides is 1. The Kier molecular flexibility index (Phi) is 4.02. The van der Waals surface area contributed by atoms with Crippen LogP contribution < -0.4 is 4.74 Å². The summed E-state index contributed by atoms with van der Waals surface area (Å²) in [5.74, 6) is 1.14.